The number of hydrogen-bond donors (Lipinski definition) is 1. The number of thiophene rings is 1. The number of halogens is 1. The first-order valence-corrected chi connectivity index (χ1v) is 12.3. The maximum Gasteiger partial charge on any atom is 0.262 e. The highest BCUT2D eigenvalue weighted by Gasteiger charge is 2.16. The van der Waals surface area contributed by atoms with Crippen molar-refractivity contribution in [3.63, 3.8) is 0 Å². The molecule has 1 N–H and O–H groups in total. The van der Waals surface area contributed by atoms with E-state index < -0.39 is 0 Å². The molecule has 6 nitrogen and oxygen atoms in total. The number of hydrogen-bond acceptors (Lipinski definition) is 6. The van der Waals surface area contributed by atoms with E-state index in [9.17, 15) is 9.59 Å². The Morgan fingerprint density at radius 3 is 2.90 bits per heavy atom. The maximum absolute atomic E-state index is 13.1. The number of aromatic nitrogens is 2. The van der Waals surface area contributed by atoms with Gasteiger partial charge in [-0.3, -0.25) is 14.2 Å². The average molecular weight is 480 g/mol. The Morgan fingerprint density at radius 2 is 2.19 bits per heavy atom. The van der Waals surface area contributed by atoms with Gasteiger partial charge in [0, 0.05) is 30.2 Å². The van der Waals surface area contributed by atoms with Gasteiger partial charge >= 0.3 is 0 Å². The number of rotatable bonds is 10. The Labute approximate surface area is 195 Å². The van der Waals surface area contributed by atoms with Crippen LogP contribution in [0.3, 0.4) is 0 Å². The van der Waals surface area contributed by atoms with E-state index in [1.165, 1.54) is 23.1 Å². The number of benzene rings is 1. The minimum absolute atomic E-state index is 0.0627. The number of thioether (sulfide) groups is 1. The van der Waals surface area contributed by atoms with E-state index in [1.54, 1.807) is 17.7 Å². The normalized spacial score (nSPS) is 12.3. The number of carbonyl (C=O) groups excluding carboxylic acids is 1. The molecule has 0 spiro atoms. The molecular formula is C22H26ClN3O3S2. The van der Waals surface area contributed by atoms with Crippen molar-refractivity contribution < 1.29 is 9.53 Å². The lowest BCUT2D eigenvalue weighted by atomic mass is 10.1. The van der Waals surface area contributed by atoms with E-state index in [-0.39, 0.29) is 23.3 Å². The van der Waals surface area contributed by atoms with E-state index in [4.69, 9.17) is 21.3 Å². The van der Waals surface area contributed by atoms with Crippen molar-refractivity contribution in [1.29, 1.82) is 0 Å². The van der Waals surface area contributed by atoms with Crippen LogP contribution in [0.2, 0.25) is 5.02 Å². The Morgan fingerprint density at radius 1 is 1.39 bits per heavy atom. The van der Waals surface area contributed by atoms with Crippen LogP contribution in [-0.2, 0) is 22.5 Å². The quantitative estimate of drug-likeness (QED) is 0.259. The third kappa shape index (κ3) is 6.10. The van der Waals surface area contributed by atoms with E-state index >= 15 is 0 Å². The van der Waals surface area contributed by atoms with Crippen LogP contribution in [0.25, 0.3) is 10.2 Å². The summed E-state index contributed by atoms with van der Waals surface area (Å²) in [7, 11) is 1.64. The Bertz CT molecular complexity index is 1110. The molecule has 3 rings (SSSR count). The molecule has 0 aliphatic carbocycles. The van der Waals surface area contributed by atoms with E-state index in [0.29, 0.717) is 35.1 Å². The van der Waals surface area contributed by atoms with Gasteiger partial charge in [0.25, 0.3) is 5.56 Å². The highest BCUT2D eigenvalue weighted by molar-refractivity contribution is 7.99. The Kier molecular flexibility index (Phi) is 8.54. The van der Waals surface area contributed by atoms with Crippen molar-refractivity contribution in [3.05, 3.63) is 56.1 Å². The molecule has 3 aromatic rings. The summed E-state index contributed by atoms with van der Waals surface area (Å²) >= 11 is 8.86. The molecule has 0 aliphatic rings. The average Bonchev–Trinajstić information content (AvgIpc) is 3.17. The summed E-state index contributed by atoms with van der Waals surface area (Å²) < 4.78 is 6.79. The van der Waals surface area contributed by atoms with Crippen molar-refractivity contribution in [2.75, 3.05) is 19.5 Å². The van der Waals surface area contributed by atoms with Crippen molar-refractivity contribution in [2.45, 2.75) is 44.4 Å². The zero-order valence-electron chi connectivity index (χ0n) is 17.8. The second kappa shape index (κ2) is 11.1. The van der Waals surface area contributed by atoms with Gasteiger partial charge < -0.3 is 10.1 Å². The molecule has 1 amide bonds. The second-order valence-electron chi connectivity index (χ2n) is 7.12. The third-order valence-corrected chi connectivity index (χ3v) is 7.19. The topological polar surface area (TPSA) is 73.2 Å². The van der Waals surface area contributed by atoms with Gasteiger partial charge in [0.05, 0.1) is 17.2 Å². The molecule has 1 atom stereocenters. The SMILES string of the molecule is CCc1cc2c(=O)n(CCCOC)c(SCC(=O)N[C@@H](C)c3cccc(Cl)c3)nc2s1. The molecule has 166 valence electrons. The number of amides is 1. The molecule has 0 bridgehead atoms. The zero-order chi connectivity index (χ0) is 22.4. The van der Waals surface area contributed by atoms with Gasteiger partial charge in [-0.25, -0.2) is 4.98 Å². The molecule has 0 saturated heterocycles. The molecule has 0 radical (unpaired) electrons. The summed E-state index contributed by atoms with van der Waals surface area (Å²) in [4.78, 5) is 32.2. The second-order valence-corrected chi connectivity index (χ2v) is 9.61. The minimum Gasteiger partial charge on any atom is -0.385 e. The summed E-state index contributed by atoms with van der Waals surface area (Å²) in [5, 5.41) is 4.81. The molecular weight excluding hydrogens is 454 g/mol. The molecule has 0 fully saturated rings. The lowest BCUT2D eigenvalue weighted by molar-refractivity contribution is -0.119. The summed E-state index contributed by atoms with van der Waals surface area (Å²) in [6.45, 7) is 5.02. The lowest BCUT2D eigenvalue weighted by Crippen LogP contribution is -2.29. The fourth-order valence-electron chi connectivity index (χ4n) is 3.17. The summed E-state index contributed by atoms with van der Waals surface area (Å²) in [5.74, 6) is 0.0368. The van der Waals surface area contributed by atoms with Crippen LogP contribution in [0.15, 0.2) is 40.3 Å². The number of nitrogens with zero attached hydrogens (tertiary/aromatic N) is 2. The smallest absolute Gasteiger partial charge is 0.262 e. The van der Waals surface area contributed by atoms with Crippen LogP contribution in [-0.4, -0.2) is 34.9 Å². The fourth-order valence-corrected chi connectivity index (χ4v) is 5.21. The van der Waals surface area contributed by atoms with Gasteiger partial charge in [0.1, 0.15) is 4.83 Å². The molecule has 0 unspecified atom stereocenters. The van der Waals surface area contributed by atoms with Crippen molar-refractivity contribution in [1.82, 2.24) is 14.9 Å². The van der Waals surface area contributed by atoms with E-state index in [2.05, 4.69) is 12.2 Å². The molecule has 2 heterocycles. The molecule has 1 aromatic carbocycles. The number of methoxy groups -OCH3 is 1. The van der Waals surface area contributed by atoms with Crippen molar-refractivity contribution in [3.8, 4) is 0 Å². The zero-order valence-corrected chi connectivity index (χ0v) is 20.2. The predicted molar refractivity (Wildman–Crippen MR) is 128 cm³/mol. The molecule has 0 aliphatic heterocycles. The van der Waals surface area contributed by atoms with E-state index in [1.807, 2.05) is 31.2 Å². The van der Waals surface area contributed by atoms with Crippen LogP contribution in [0, 0.1) is 0 Å². The largest absolute Gasteiger partial charge is 0.385 e. The highest BCUT2D eigenvalue weighted by atomic mass is 35.5. The van der Waals surface area contributed by atoms with Gasteiger partial charge in [-0.15, -0.1) is 11.3 Å². The van der Waals surface area contributed by atoms with Crippen LogP contribution in [0.5, 0.6) is 0 Å². The molecule has 9 heteroatoms. The van der Waals surface area contributed by atoms with Crippen LogP contribution >= 0.6 is 34.7 Å². The highest BCUT2D eigenvalue weighted by Crippen LogP contribution is 2.25. The van der Waals surface area contributed by atoms with Gasteiger partial charge in [-0.1, -0.05) is 42.4 Å². The molecule has 2 aromatic heterocycles. The Hall–Kier alpha value is -1.87. The van der Waals surface area contributed by atoms with Gasteiger partial charge in [-0.2, -0.15) is 0 Å². The number of aryl methyl sites for hydroxylation is 1. The first kappa shape index (κ1) is 23.8. The number of carbonyl (C=O) groups is 1. The predicted octanol–water partition coefficient (Wildman–Crippen LogP) is 4.68. The maximum atomic E-state index is 13.1. The fraction of sp³-hybridized carbons (Fsp3) is 0.409. The molecule has 0 saturated carbocycles. The summed E-state index contributed by atoms with van der Waals surface area (Å²) in [5.41, 5.74) is 0.875. The van der Waals surface area contributed by atoms with Gasteiger partial charge in [0.15, 0.2) is 5.16 Å². The first-order valence-electron chi connectivity index (χ1n) is 10.1. The summed E-state index contributed by atoms with van der Waals surface area (Å²) in [6.07, 6.45) is 1.55. The monoisotopic (exact) mass is 479 g/mol. The van der Waals surface area contributed by atoms with Crippen LogP contribution in [0.4, 0.5) is 0 Å². The lowest BCUT2D eigenvalue weighted by Gasteiger charge is -2.15. The molecule has 31 heavy (non-hydrogen) atoms. The van der Waals surface area contributed by atoms with Gasteiger partial charge in [-0.05, 0) is 43.5 Å². The van der Waals surface area contributed by atoms with Gasteiger partial charge in [0.2, 0.25) is 5.91 Å². The first-order chi connectivity index (χ1) is 14.9. The Balaban J connectivity index is 1.76. The summed E-state index contributed by atoms with van der Waals surface area (Å²) in [6, 6.07) is 9.18. The standard InChI is InChI=1S/C22H26ClN3O3S2/c1-4-17-12-18-20(31-17)25-22(26(21(18)28)9-6-10-29-3)30-13-19(27)24-14(2)15-7-5-8-16(23)11-15/h5,7-8,11-12,14H,4,6,9-10,13H2,1-3H3,(H,24,27)/t14-/m0/s1. The van der Waals surface area contributed by atoms with Crippen molar-refractivity contribution in [2.24, 2.45) is 0 Å². The third-order valence-electron chi connectivity index (χ3n) is 4.80. The van der Waals surface area contributed by atoms with E-state index in [0.717, 1.165) is 21.7 Å². The van der Waals surface area contributed by atoms with Crippen LogP contribution in [0.1, 0.15) is 36.8 Å². The number of nitrogens with one attached hydrogen (secondary N) is 1. The minimum atomic E-state index is -0.171. The van der Waals surface area contributed by atoms with Crippen LogP contribution < -0.4 is 10.9 Å². The number of fused-ring (bicyclic) bond motifs is 1. The number of ether oxygens (including phenoxy) is 1. The van der Waals surface area contributed by atoms with Crippen molar-refractivity contribution >= 4 is 50.8 Å².